The first-order valence-corrected chi connectivity index (χ1v) is 7.75. The summed E-state index contributed by atoms with van der Waals surface area (Å²) in [5.74, 6) is 0.293. The number of rotatable bonds is 6. The molecule has 0 aromatic rings. The summed E-state index contributed by atoms with van der Waals surface area (Å²) in [6.07, 6.45) is 5.88. The fourth-order valence-corrected chi connectivity index (χ4v) is 3.08. The highest BCUT2D eigenvalue weighted by Crippen LogP contribution is 2.31. The van der Waals surface area contributed by atoms with Gasteiger partial charge in [-0.3, -0.25) is 9.59 Å². The second-order valence-corrected chi connectivity index (χ2v) is 5.86. The average molecular weight is 266 g/mol. The molecule has 2 fully saturated rings. The first-order chi connectivity index (χ1) is 9.17. The van der Waals surface area contributed by atoms with Crippen molar-refractivity contribution in [1.82, 2.24) is 9.80 Å². The van der Waals surface area contributed by atoms with Crippen LogP contribution >= 0.6 is 0 Å². The molecule has 1 aliphatic heterocycles. The molecule has 4 heteroatoms. The molecule has 1 heterocycles. The molecule has 0 bridgehead atoms. The lowest BCUT2D eigenvalue weighted by Gasteiger charge is -2.35. The molecule has 0 N–H and O–H groups in total. The van der Waals surface area contributed by atoms with Crippen LogP contribution in [0.25, 0.3) is 0 Å². The SMILES string of the molecule is CCCN(CCC)C(=O)C1CC(=O)N(C2CCC2)C1. The Bertz CT molecular complexity index is 333. The van der Waals surface area contributed by atoms with Crippen LogP contribution in [0, 0.1) is 5.92 Å². The van der Waals surface area contributed by atoms with Crippen LogP contribution in [0.15, 0.2) is 0 Å². The number of nitrogens with zero attached hydrogens (tertiary/aromatic N) is 2. The van der Waals surface area contributed by atoms with Gasteiger partial charge in [-0.25, -0.2) is 0 Å². The molecule has 0 radical (unpaired) electrons. The van der Waals surface area contributed by atoms with Crippen LogP contribution in [0.2, 0.25) is 0 Å². The quantitative estimate of drug-likeness (QED) is 0.738. The molecule has 1 atom stereocenters. The third-order valence-electron chi connectivity index (χ3n) is 4.32. The van der Waals surface area contributed by atoms with E-state index in [-0.39, 0.29) is 17.7 Å². The van der Waals surface area contributed by atoms with Crippen molar-refractivity contribution in [1.29, 1.82) is 0 Å². The minimum Gasteiger partial charge on any atom is -0.342 e. The van der Waals surface area contributed by atoms with Crippen molar-refractivity contribution in [2.75, 3.05) is 19.6 Å². The maximum absolute atomic E-state index is 12.5. The number of likely N-dealkylation sites (tertiary alicyclic amines) is 1. The van der Waals surface area contributed by atoms with Crippen LogP contribution in [-0.4, -0.2) is 47.3 Å². The van der Waals surface area contributed by atoms with E-state index in [1.165, 1.54) is 6.42 Å². The Morgan fingerprint density at radius 1 is 1.26 bits per heavy atom. The Balaban J connectivity index is 1.93. The molecule has 1 saturated heterocycles. The number of amides is 2. The summed E-state index contributed by atoms with van der Waals surface area (Å²) in [6.45, 7) is 6.49. The van der Waals surface area contributed by atoms with E-state index in [4.69, 9.17) is 0 Å². The Labute approximate surface area is 116 Å². The Morgan fingerprint density at radius 2 is 1.89 bits per heavy atom. The molecular weight excluding hydrogens is 240 g/mol. The van der Waals surface area contributed by atoms with Gasteiger partial charge in [-0.15, -0.1) is 0 Å². The van der Waals surface area contributed by atoms with E-state index < -0.39 is 0 Å². The van der Waals surface area contributed by atoms with Gasteiger partial charge in [0, 0.05) is 32.1 Å². The highest BCUT2D eigenvalue weighted by Gasteiger charge is 2.40. The standard InChI is InChI=1S/C15H26N2O2/c1-3-8-16(9-4-2)15(19)12-10-14(18)17(11-12)13-6-5-7-13/h12-13H,3-11H2,1-2H3. The summed E-state index contributed by atoms with van der Waals surface area (Å²) in [6, 6.07) is 0.427. The van der Waals surface area contributed by atoms with E-state index in [0.29, 0.717) is 19.0 Å². The minimum absolute atomic E-state index is 0.0915. The Hall–Kier alpha value is -1.06. The van der Waals surface area contributed by atoms with Crippen molar-refractivity contribution in [2.24, 2.45) is 5.92 Å². The topological polar surface area (TPSA) is 40.6 Å². The molecule has 19 heavy (non-hydrogen) atoms. The van der Waals surface area contributed by atoms with Crippen LogP contribution in [-0.2, 0) is 9.59 Å². The highest BCUT2D eigenvalue weighted by atomic mass is 16.2. The Morgan fingerprint density at radius 3 is 2.37 bits per heavy atom. The van der Waals surface area contributed by atoms with Gasteiger partial charge in [0.25, 0.3) is 0 Å². The van der Waals surface area contributed by atoms with Gasteiger partial charge in [-0.05, 0) is 32.1 Å². The van der Waals surface area contributed by atoms with E-state index in [1.807, 2.05) is 9.80 Å². The molecule has 2 aliphatic rings. The monoisotopic (exact) mass is 266 g/mol. The van der Waals surface area contributed by atoms with Gasteiger partial charge in [0.15, 0.2) is 0 Å². The van der Waals surface area contributed by atoms with E-state index in [1.54, 1.807) is 0 Å². The predicted octanol–water partition coefficient (Wildman–Crippen LogP) is 2.04. The van der Waals surface area contributed by atoms with Gasteiger partial charge >= 0.3 is 0 Å². The fraction of sp³-hybridized carbons (Fsp3) is 0.867. The van der Waals surface area contributed by atoms with E-state index in [2.05, 4.69) is 13.8 Å². The third-order valence-corrected chi connectivity index (χ3v) is 4.32. The van der Waals surface area contributed by atoms with Crippen LogP contribution in [0.4, 0.5) is 0 Å². The van der Waals surface area contributed by atoms with E-state index >= 15 is 0 Å². The number of hydrogen-bond acceptors (Lipinski definition) is 2. The lowest BCUT2D eigenvalue weighted by atomic mass is 9.92. The van der Waals surface area contributed by atoms with Gasteiger partial charge in [0.2, 0.25) is 11.8 Å². The van der Waals surface area contributed by atoms with Crippen LogP contribution < -0.4 is 0 Å². The van der Waals surface area contributed by atoms with Crippen molar-refractivity contribution in [3.05, 3.63) is 0 Å². The first kappa shape index (κ1) is 14.4. The zero-order valence-corrected chi connectivity index (χ0v) is 12.2. The summed E-state index contributed by atoms with van der Waals surface area (Å²) < 4.78 is 0. The summed E-state index contributed by atoms with van der Waals surface area (Å²) in [5, 5.41) is 0. The Kier molecular flexibility index (Phi) is 4.83. The average Bonchev–Trinajstić information content (AvgIpc) is 2.68. The molecule has 2 rings (SSSR count). The van der Waals surface area contributed by atoms with Gasteiger partial charge in [-0.1, -0.05) is 13.8 Å². The largest absolute Gasteiger partial charge is 0.342 e. The number of hydrogen-bond donors (Lipinski definition) is 0. The van der Waals surface area contributed by atoms with Crippen molar-refractivity contribution in [3.63, 3.8) is 0 Å². The van der Waals surface area contributed by atoms with Crippen LogP contribution in [0.1, 0.15) is 52.4 Å². The molecule has 0 aromatic carbocycles. The second-order valence-electron chi connectivity index (χ2n) is 5.86. The minimum atomic E-state index is -0.0915. The number of carbonyl (C=O) groups is 2. The van der Waals surface area contributed by atoms with Gasteiger partial charge in [0.1, 0.15) is 0 Å². The summed E-state index contributed by atoms with van der Waals surface area (Å²) in [7, 11) is 0. The second kappa shape index (κ2) is 6.40. The molecule has 2 amide bonds. The van der Waals surface area contributed by atoms with Crippen molar-refractivity contribution < 1.29 is 9.59 Å². The van der Waals surface area contributed by atoms with E-state index in [9.17, 15) is 9.59 Å². The van der Waals surface area contributed by atoms with Crippen molar-refractivity contribution in [3.8, 4) is 0 Å². The summed E-state index contributed by atoms with van der Waals surface area (Å²) in [5.41, 5.74) is 0. The molecule has 0 aromatic heterocycles. The lowest BCUT2D eigenvalue weighted by Crippen LogP contribution is -2.42. The molecular formula is C15H26N2O2. The van der Waals surface area contributed by atoms with Crippen molar-refractivity contribution in [2.45, 2.75) is 58.4 Å². The zero-order chi connectivity index (χ0) is 13.8. The summed E-state index contributed by atoms with van der Waals surface area (Å²) in [4.78, 5) is 28.4. The summed E-state index contributed by atoms with van der Waals surface area (Å²) >= 11 is 0. The highest BCUT2D eigenvalue weighted by molar-refractivity contribution is 5.89. The van der Waals surface area contributed by atoms with E-state index in [0.717, 1.165) is 38.8 Å². The molecule has 4 nitrogen and oxygen atoms in total. The first-order valence-electron chi connectivity index (χ1n) is 7.75. The van der Waals surface area contributed by atoms with Gasteiger partial charge in [0.05, 0.1) is 5.92 Å². The lowest BCUT2D eigenvalue weighted by molar-refractivity contribution is -0.136. The van der Waals surface area contributed by atoms with Crippen molar-refractivity contribution >= 4 is 11.8 Å². The normalized spacial score (nSPS) is 23.6. The molecule has 0 spiro atoms. The fourth-order valence-electron chi connectivity index (χ4n) is 3.08. The molecule has 1 unspecified atom stereocenters. The number of carbonyl (C=O) groups excluding carboxylic acids is 2. The maximum Gasteiger partial charge on any atom is 0.227 e. The molecule has 1 saturated carbocycles. The maximum atomic E-state index is 12.5. The predicted molar refractivity (Wildman–Crippen MR) is 74.6 cm³/mol. The van der Waals surface area contributed by atoms with Gasteiger partial charge in [-0.2, -0.15) is 0 Å². The molecule has 1 aliphatic carbocycles. The smallest absolute Gasteiger partial charge is 0.227 e. The molecule has 108 valence electrons. The zero-order valence-electron chi connectivity index (χ0n) is 12.2. The van der Waals surface area contributed by atoms with Crippen LogP contribution in [0.3, 0.4) is 0 Å². The van der Waals surface area contributed by atoms with Gasteiger partial charge < -0.3 is 9.80 Å². The third kappa shape index (κ3) is 3.10. The van der Waals surface area contributed by atoms with Crippen LogP contribution in [0.5, 0.6) is 0 Å².